The summed E-state index contributed by atoms with van der Waals surface area (Å²) >= 11 is 0. The molecule has 2 nitrogen and oxygen atoms in total. The van der Waals surface area contributed by atoms with Crippen LogP contribution in [0, 0.1) is 6.92 Å². The SMILES string of the molecule is CCC(N)Cc1cc(C)ccc1N(CC)C1CC1. The summed E-state index contributed by atoms with van der Waals surface area (Å²) < 4.78 is 0. The molecule has 0 aliphatic heterocycles. The molecule has 1 aliphatic rings. The van der Waals surface area contributed by atoms with E-state index in [2.05, 4.69) is 43.9 Å². The van der Waals surface area contributed by atoms with Crippen LogP contribution in [0.5, 0.6) is 0 Å². The van der Waals surface area contributed by atoms with Crippen LogP contribution in [0.2, 0.25) is 0 Å². The molecule has 0 aromatic heterocycles. The average Bonchev–Trinajstić information content (AvgIpc) is 3.17. The molecule has 0 heterocycles. The molecule has 100 valence electrons. The summed E-state index contributed by atoms with van der Waals surface area (Å²) in [6, 6.07) is 7.88. The maximum absolute atomic E-state index is 6.14. The maximum Gasteiger partial charge on any atom is 0.0401 e. The molecule has 1 aromatic rings. The zero-order chi connectivity index (χ0) is 13.1. The fraction of sp³-hybridized carbons (Fsp3) is 0.625. The zero-order valence-corrected chi connectivity index (χ0v) is 11.9. The van der Waals surface area contributed by atoms with Gasteiger partial charge in [0.1, 0.15) is 0 Å². The summed E-state index contributed by atoms with van der Waals surface area (Å²) in [6.07, 6.45) is 4.74. The van der Waals surface area contributed by atoms with Gasteiger partial charge < -0.3 is 10.6 Å². The number of rotatable bonds is 6. The molecule has 0 spiro atoms. The lowest BCUT2D eigenvalue weighted by Crippen LogP contribution is -2.28. The Hall–Kier alpha value is -1.02. The Morgan fingerprint density at radius 3 is 2.61 bits per heavy atom. The molecule has 0 bridgehead atoms. The fourth-order valence-corrected chi connectivity index (χ4v) is 2.60. The minimum atomic E-state index is 0.281. The molecule has 0 saturated heterocycles. The third-order valence-electron chi connectivity index (χ3n) is 3.88. The predicted octanol–water partition coefficient (Wildman–Crippen LogP) is 3.26. The van der Waals surface area contributed by atoms with Crippen molar-refractivity contribution in [2.45, 2.75) is 58.5 Å². The number of nitrogens with zero attached hydrogens (tertiary/aromatic N) is 1. The summed E-state index contributed by atoms with van der Waals surface area (Å²) in [5.41, 5.74) is 10.3. The summed E-state index contributed by atoms with van der Waals surface area (Å²) in [7, 11) is 0. The summed E-state index contributed by atoms with van der Waals surface area (Å²) in [5.74, 6) is 0. The van der Waals surface area contributed by atoms with Crippen molar-refractivity contribution >= 4 is 5.69 Å². The molecular formula is C16H26N2. The van der Waals surface area contributed by atoms with Crippen LogP contribution in [0.1, 0.15) is 44.2 Å². The summed E-state index contributed by atoms with van der Waals surface area (Å²) in [6.45, 7) is 7.68. The Labute approximate surface area is 111 Å². The number of nitrogens with two attached hydrogens (primary N) is 1. The first kappa shape index (κ1) is 13.4. The number of aryl methyl sites for hydroxylation is 1. The molecule has 1 fully saturated rings. The zero-order valence-electron chi connectivity index (χ0n) is 11.9. The lowest BCUT2D eigenvalue weighted by atomic mass is 10.00. The normalized spacial score (nSPS) is 16.7. The monoisotopic (exact) mass is 246 g/mol. The van der Waals surface area contributed by atoms with Gasteiger partial charge in [0.05, 0.1) is 0 Å². The molecule has 0 radical (unpaired) electrons. The van der Waals surface area contributed by atoms with E-state index in [1.165, 1.54) is 29.7 Å². The van der Waals surface area contributed by atoms with E-state index in [1.54, 1.807) is 0 Å². The maximum atomic E-state index is 6.14. The van der Waals surface area contributed by atoms with Gasteiger partial charge in [0, 0.05) is 24.3 Å². The summed E-state index contributed by atoms with van der Waals surface area (Å²) in [5, 5.41) is 0. The Kier molecular flexibility index (Phi) is 4.28. The van der Waals surface area contributed by atoms with E-state index in [4.69, 9.17) is 5.73 Å². The first-order valence-corrected chi connectivity index (χ1v) is 7.27. The number of hydrogen-bond acceptors (Lipinski definition) is 2. The van der Waals surface area contributed by atoms with Crippen LogP contribution in [0.15, 0.2) is 18.2 Å². The van der Waals surface area contributed by atoms with E-state index in [0.29, 0.717) is 0 Å². The molecule has 1 saturated carbocycles. The number of anilines is 1. The minimum absolute atomic E-state index is 0.281. The van der Waals surface area contributed by atoms with Crippen LogP contribution < -0.4 is 10.6 Å². The number of hydrogen-bond donors (Lipinski definition) is 1. The second-order valence-electron chi connectivity index (χ2n) is 5.52. The van der Waals surface area contributed by atoms with Gasteiger partial charge in [0.25, 0.3) is 0 Å². The Morgan fingerprint density at radius 1 is 1.33 bits per heavy atom. The van der Waals surface area contributed by atoms with Crippen LogP contribution in [0.25, 0.3) is 0 Å². The van der Waals surface area contributed by atoms with Crippen molar-refractivity contribution in [1.29, 1.82) is 0 Å². The highest BCUT2D eigenvalue weighted by atomic mass is 15.2. The van der Waals surface area contributed by atoms with Gasteiger partial charge >= 0.3 is 0 Å². The molecule has 1 atom stereocenters. The minimum Gasteiger partial charge on any atom is -0.369 e. The highest BCUT2D eigenvalue weighted by Gasteiger charge is 2.29. The molecule has 18 heavy (non-hydrogen) atoms. The van der Waals surface area contributed by atoms with Crippen LogP contribution in [-0.2, 0) is 6.42 Å². The Bertz CT molecular complexity index is 396. The lowest BCUT2D eigenvalue weighted by Gasteiger charge is -2.27. The molecule has 1 unspecified atom stereocenters. The van der Waals surface area contributed by atoms with Crippen molar-refractivity contribution in [3.05, 3.63) is 29.3 Å². The number of benzene rings is 1. The second kappa shape index (κ2) is 5.75. The third-order valence-corrected chi connectivity index (χ3v) is 3.88. The predicted molar refractivity (Wildman–Crippen MR) is 79.2 cm³/mol. The Balaban J connectivity index is 2.26. The van der Waals surface area contributed by atoms with Gasteiger partial charge in [-0.15, -0.1) is 0 Å². The van der Waals surface area contributed by atoms with Crippen LogP contribution >= 0.6 is 0 Å². The van der Waals surface area contributed by atoms with Gasteiger partial charge in [0.15, 0.2) is 0 Å². The van der Waals surface area contributed by atoms with Crippen LogP contribution in [0.3, 0.4) is 0 Å². The van der Waals surface area contributed by atoms with Crippen molar-refractivity contribution in [2.24, 2.45) is 5.73 Å². The van der Waals surface area contributed by atoms with Crippen molar-refractivity contribution in [1.82, 2.24) is 0 Å². The largest absolute Gasteiger partial charge is 0.369 e. The molecule has 1 aromatic carbocycles. The first-order chi connectivity index (χ1) is 8.65. The van der Waals surface area contributed by atoms with E-state index < -0.39 is 0 Å². The van der Waals surface area contributed by atoms with E-state index in [-0.39, 0.29) is 6.04 Å². The van der Waals surface area contributed by atoms with Gasteiger partial charge in [-0.1, -0.05) is 24.6 Å². The van der Waals surface area contributed by atoms with Crippen molar-refractivity contribution in [2.75, 3.05) is 11.4 Å². The topological polar surface area (TPSA) is 29.3 Å². The highest BCUT2D eigenvalue weighted by molar-refractivity contribution is 5.56. The standard InChI is InChI=1S/C16H26N2/c1-4-14(17)11-13-10-12(3)6-9-16(13)18(5-2)15-7-8-15/h6,9-10,14-15H,4-5,7-8,11,17H2,1-3H3. The van der Waals surface area contributed by atoms with E-state index in [9.17, 15) is 0 Å². The first-order valence-electron chi connectivity index (χ1n) is 7.27. The summed E-state index contributed by atoms with van der Waals surface area (Å²) in [4.78, 5) is 2.55. The fourth-order valence-electron chi connectivity index (χ4n) is 2.60. The van der Waals surface area contributed by atoms with Gasteiger partial charge in [-0.3, -0.25) is 0 Å². The van der Waals surface area contributed by atoms with Crippen molar-refractivity contribution < 1.29 is 0 Å². The van der Waals surface area contributed by atoms with E-state index in [0.717, 1.165) is 25.4 Å². The molecule has 2 N–H and O–H groups in total. The van der Waals surface area contributed by atoms with Gasteiger partial charge in [-0.2, -0.15) is 0 Å². The molecule has 0 amide bonds. The van der Waals surface area contributed by atoms with E-state index >= 15 is 0 Å². The van der Waals surface area contributed by atoms with Gasteiger partial charge in [-0.05, 0) is 51.2 Å². The van der Waals surface area contributed by atoms with Crippen LogP contribution in [0.4, 0.5) is 5.69 Å². The molecule has 2 heteroatoms. The Morgan fingerprint density at radius 2 is 2.06 bits per heavy atom. The smallest absolute Gasteiger partial charge is 0.0401 e. The van der Waals surface area contributed by atoms with Crippen molar-refractivity contribution in [3.63, 3.8) is 0 Å². The van der Waals surface area contributed by atoms with Gasteiger partial charge in [0.2, 0.25) is 0 Å². The third kappa shape index (κ3) is 3.05. The second-order valence-corrected chi connectivity index (χ2v) is 5.52. The molecule has 2 rings (SSSR count). The van der Waals surface area contributed by atoms with Crippen molar-refractivity contribution in [3.8, 4) is 0 Å². The quantitative estimate of drug-likeness (QED) is 0.834. The molecular weight excluding hydrogens is 220 g/mol. The van der Waals surface area contributed by atoms with Gasteiger partial charge in [-0.25, -0.2) is 0 Å². The van der Waals surface area contributed by atoms with E-state index in [1.807, 2.05) is 0 Å². The molecule has 1 aliphatic carbocycles. The highest BCUT2D eigenvalue weighted by Crippen LogP contribution is 2.34. The van der Waals surface area contributed by atoms with Crippen LogP contribution in [-0.4, -0.2) is 18.6 Å². The lowest BCUT2D eigenvalue weighted by molar-refractivity contribution is 0.643. The average molecular weight is 246 g/mol.